The second-order valence-corrected chi connectivity index (χ2v) is 10.7. The van der Waals surface area contributed by atoms with Gasteiger partial charge in [-0.25, -0.2) is 0 Å². The third kappa shape index (κ3) is 4.88. The lowest BCUT2D eigenvalue weighted by Gasteiger charge is -2.23. The highest BCUT2D eigenvalue weighted by atomic mass is 16.2. The number of hydrogen-bond acceptors (Lipinski definition) is 3. The van der Waals surface area contributed by atoms with Gasteiger partial charge in [0, 0.05) is 36.6 Å². The van der Waals surface area contributed by atoms with Crippen LogP contribution in [0.3, 0.4) is 0 Å². The van der Waals surface area contributed by atoms with Crippen LogP contribution in [0, 0.1) is 6.92 Å². The van der Waals surface area contributed by atoms with Gasteiger partial charge in [0.2, 0.25) is 0 Å². The Hall–Kier alpha value is -4.16. The zero-order valence-corrected chi connectivity index (χ0v) is 22.6. The predicted molar refractivity (Wildman–Crippen MR) is 155 cm³/mol. The van der Waals surface area contributed by atoms with Crippen molar-refractivity contribution >= 4 is 17.5 Å². The Morgan fingerprint density at radius 1 is 0.718 bits per heavy atom. The molecule has 1 fully saturated rings. The molecule has 0 aliphatic carbocycles. The largest absolute Gasteiger partial charge is 0.336 e. The molecule has 3 aromatic carbocycles. The molecule has 1 aromatic heterocycles. The number of fused-ring (bicyclic) bond motifs is 2. The number of benzene rings is 3. The number of aryl methyl sites for hydroxylation is 1. The number of likely N-dealkylation sites (N-methyl/N-ethyl adjacent to an activating group) is 1. The molecule has 3 heterocycles. The number of carbonyl (C=O) groups excluding carboxylic acids is 2. The Morgan fingerprint density at radius 3 is 2.31 bits per heavy atom. The maximum Gasteiger partial charge on any atom is 0.270 e. The van der Waals surface area contributed by atoms with Gasteiger partial charge >= 0.3 is 0 Å². The summed E-state index contributed by atoms with van der Waals surface area (Å²) in [5.74, 6) is 0.0254. The minimum atomic E-state index is -0.0446. The Bertz CT molecular complexity index is 1520. The number of para-hydroxylation sites is 1. The molecule has 0 saturated carbocycles. The molecule has 4 aromatic rings. The summed E-state index contributed by atoms with van der Waals surface area (Å²) >= 11 is 0. The fraction of sp³-hybridized carbons (Fsp3) is 0.273. The van der Waals surface area contributed by atoms with Crippen LogP contribution in [-0.2, 0) is 13.1 Å². The Morgan fingerprint density at radius 2 is 1.49 bits per heavy atom. The summed E-state index contributed by atoms with van der Waals surface area (Å²) in [5, 5.41) is 0. The lowest BCUT2D eigenvalue weighted by atomic mass is 9.99. The van der Waals surface area contributed by atoms with Crippen molar-refractivity contribution < 1.29 is 9.59 Å². The van der Waals surface area contributed by atoms with Gasteiger partial charge in [-0.1, -0.05) is 54.6 Å². The van der Waals surface area contributed by atoms with Crippen LogP contribution in [0.4, 0.5) is 5.69 Å². The van der Waals surface area contributed by atoms with Gasteiger partial charge in [-0.2, -0.15) is 0 Å². The first kappa shape index (κ1) is 25.1. The molecule has 0 atom stereocenters. The van der Waals surface area contributed by atoms with E-state index in [-0.39, 0.29) is 11.8 Å². The van der Waals surface area contributed by atoms with Crippen LogP contribution in [0.25, 0.3) is 11.1 Å². The standard InChI is InChI=1S/C33H34N4O2/c1-24-8-3-5-10-29(24)25-12-14-26(15-13-25)32(38)37-23-28-16-17-31(33(39)35-19-7-18-34(2)20-21-35)36(28)22-27-9-4-6-11-30(27)37/h3-6,8-17H,7,18-23H2,1-2H3. The van der Waals surface area contributed by atoms with Gasteiger partial charge in [-0.15, -0.1) is 0 Å². The summed E-state index contributed by atoms with van der Waals surface area (Å²) in [5.41, 5.74) is 7.70. The van der Waals surface area contributed by atoms with Crippen LogP contribution in [0.5, 0.6) is 0 Å². The summed E-state index contributed by atoms with van der Waals surface area (Å²) in [6.45, 7) is 6.45. The third-order valence-corrected chi connectivity index (χ3v) is 8.06. The van der Waals surface area contributed by atoms with Gasteiger partial charge < -0.3 is 19.3 Å². The molecule has 39 heavy (non-hydrogen) atoms. The van der Waals surface area contributed by atoms with Crippen molar-refractivity contribution in [3.05, 3.63) is 113 Å². The molecule has 6 heteroatoms. The Labute approximate surface area is 230 Å². The van der Waals surface area contributed by atoms with Crippen LogP contribution in [0.1, 0.15) is 44.1 Å². The van der Waals surface area contributed by atoms with Crippen molar-refractivity contribution in [2.45, 2.75) is 26.4 Å². The maximum absolute atomic E-state index is 13.9. The molecule has 2 aliphatic heterocycles. The van der Waals surface area contributed by atoms with Crippen molar-refractivity contribution in [1.82, 2.24) is 14.4 Å². The Kier molecular flexibility index (Phi) is 6.79. The van der Waals surface area contributed by atoms with E-state index in [0.717, 1.165) is 55.1 Å². The summed E-state index contributed by atoms with van der Waals surface area (Å²) in [4.78, 5) is 33.7. The van der Waals surface area contributed by atoms with E-state index in [1.807, 2.05) is 76.5 Å². The minimum absolute atomic E-state index is 0.0446. The third-order valence-electron chi connectivity index (χ3n) is 8.06. The number of carbonyl (C=O) groups is 2. The summed E-state index contributed by atoms with van der Waals surface area (Å²) < 4.78 is 2.10. The molecule has 0 spiro atoms. The minimum Gasteiger partial charge on any atom is -0.336 e. The first-order valence-corrected chi connectivity index (χ1v) is 13.7. The molecule has 0 bridgehead atoms. The van der Waals surface area contributed by atoms with E-state index in [1.54, 1.807) is 0 Å². The van der Waals surface area contributed by atoms with Gasteiger partial charge in [-0.05, 0) is 79.5 Å². The van der Waals surface area contributed by atoms with Gasteiger partial charge in [0.1, 0.15) is 5.69 Å². The number of rotatable bonds is 3. The molecule has 2 aliphatic rings. The summed E-state index contributed by atoms with van der Waals surface area (Å²) in [6.07, 6.45) is 0.976. The maximum atomic E-state index is 13.9. The van der Waals surface area contributed by atoms with Crippen molar-refractivity contribution in [2.75, 3.05) is 38.1 Å². The van der Waals surface area contributed by atoms with E-state index < -0.39 is 0 Å². The van der Waals surface area contributed by atoms with E-state index >= 15 is 0 Å². The van der Waals surface area contributed by atoms with E-state index in [2.05, 4.69) is 41.6 Å². The average Bonchev–Trinajstić information content (AvgIpc) is 3.11. The summed E-state index contributed by atoms with van der Waals surface area (Å²) in [7, 11) is 2.11. The zero-order valence-electron chi connectivity index (χ0n) is 22.6. The lowest BCUT2D eigenvalue weighted by molar-refractivity contribution is 0.0752. The van der Waals surface area contributed by atoms with E-state index in [1.165, 1.54) is 11.1 Å². The average molecular weight is 519 g/mol. The summed E-state index contributed by atoms with van der Waals surface area (Å²) in [6, 6.07) is 28.1. The quantitative estimate of drug-likeness (QED) is 0.362. The van der Waals surface area contributed by atoms with Gasteiger partial charge in [-0.3, -0.25) is 9.59 Å². The van der Waals surface area contributed by atoms with Crippen LogP contribution in [0.2, 0.25) is 0 Å². The topological polar surface area (TPSA) is 48.8 Å². The lowest BCUT2D eigenvalue weighted by Crippen LogP contribution is -2.35. The molecule has 0 N–H and O–H groups in total. The molecule has 0 unspecified atom stereocenters. The molecular weight excluding hydrogens is 484 g/mol. The van der Waals surface area contributed by atoms with Crippen molar-refractivity contribution in [3.8, 4) is 11.1 Å². The highest BCUT2D eigenvalue weighted by Gasteiger charge is 2.29. The van der Waals surface area contributed by atoms with Gasteiger partial charge in [0.15, 0.2) is 0 Å². The van der Waals surface area contributed by atoms with Crippen LogP contribution < -0.4 is 4.90 Å². The second kappa shape index (κ2) is 10.5. The number of aromatic nitrogens is 1. The number of anilines is 1. The Balaban J connectivity index is 1.31. The monoisotopic (exact) mass is 518 g/mol. The molecule has 198 valence electrons. The number of nitrogens with zero attached hydrogens (tertiary/aromatic N) is 4. The van der Waals surface area contributed by atoms with Crippen molar-refractivity contribution in [3.63, 3.8) is 0 Å². The van der Waals surface area contributed by atoms with Crippen molar-refractivity contribution in [1.29, 1.82) is 0 Å². The molecule has 0 radical (unpaired) electrons. The van der Waals surface area contributed by atoms with Crippen LogP contribution in [0.15, 0.2) is 84.9 Å². The van der Waals surface area contributed by atoms with Gasteiger partial charge in [0.25, 0.3) is 11.8 Å². The molecular formula is C33H34N4O2. The first-order chi connectivity index (χ1) is 19.0. The molecule has 6 rings (SSSR count). The van der Waals surface area contributed by atoms with E-state index in [4.69, 9.17) is 0 Å². The highest BCUT2D eigenvalue weighted by molar-refractivity contribution is 6.07. The number of hydrogen-bond donors (Lipinski definition) is 0. The SMILES string of the molecule is Cc1ccccc1-c1ccc(C(=O)N2Cc3ccc(C(=O)N4CCCN(C)CC4)n3Cc3ccccc32)cc1. The zero-order chi connectivity index (χ0) is 26.9. The predicted octanol–water partition coefficient (Wildman–Crippen LogP) is 5.45. The van der Waals surface area contributed by atoms with Crippen molar-refractivity contribution in [2.24, 2.45) is 0 Å². The second-order valence-electron chi connectivity index (χ2n) is 10.7. The van der Waals surface area contributed by atoms with E-state index in [0.29, 0.717) is 24.3 Å². The normalized spacial score (nSPS) is 15.7. The fourth-order valence-electron chi connectivity index (χ4n) is 5.78. The van der Waals surface area contributed by atoms with Crippen LogP contribution in [-0.4, -0.2) is 59.4 Å². The first-order valence-electron chi connectivity index (χ1n) is 13.7. The number of amides is 2. The highest BCUT2D eigenvalue weighted by Crippen LogP contribution is 2.31. The smallest absolute Gasteiger partial charge is 0.270 e. The fourth-order valence-corrected chi connectivity index (χ4v) is 5.78. The molecule has 2 amide bonds. The van der Waals surface area contributed by atoms with Crippen LogP contribution >= 0.6 is 0 Å². The van der Waals surface area contributed by atoms with Gasteiger partial charge in [0.05, 0.1) is 13.1 Å². The molecule has 1 saturated heterocycles. The van der Waals surface area contributed by atoms with E-state index in [9.17, 15) is 9.59 Å². The molecule has 6 nitrogen and oxygen atoms in total.